The lowest BCUT2D eigenvalue weighted by molar-refractivity contribution is -0.142. The SMILES string of the molecule is CCNC1CC(CCO)CN(CC(=O)OC)C1. The normalized spacial score (nSPS) is 25.8. The highest BCUT2D eigenvalue weighted by Crippen LogP contribution is 2.19. The van der Waals surface area contributed by atoms with E-state index in [4.69, 9.17) is 9.84 Å². The van der Waals surface area contributed by atoms with Gasteiger partial charge in [-0.2, -0.15) is 0 Å². The molecule has 1 fully saturated rings. The quantitative estimate of drug-likeness (QED) is 0.636. The van der Waals surface area contributed by atoms with E-state index in [-0.39, 0.29) is 12.6 Å². The van der Waals surface area contributed by atoms with Gasteiger partial charge in [0.15, 0.2) is 0 Å². The smallest absolute Gasteiger partial charge is 0.319 e. The second-order valence-corrected chi connectivity index (χ2v) is 4.64. The molecule has 0 saturated carbocycles. The first-order valence-corrected chi connectivity index (χ1v) is 6.33. The standard InChI is InChI=1S/C12H24N2O3/c1-3-13-11-6-10(4-5-15)7-14(8-11)9-12(16)17-2/h10-11,13,15H,3-9H2,1-2H3. The van der Waals surface area contributed by atoms with Gasteiger partial charge >= 0.3 is 5.97 Å². The fourth-order valence-corrected chi connectivity index (χ4v) is 2.51. The van der Waals surface area contributed by atoms with Gasteiger partial charge in [0.2, 0.25) is 0 Å². The number of hydrogen-bond acceptors (Lipinski definition) is 5. The molecule has 1 rings (SSSR count). The summed E-state index contributed by atoms with van der Waals surface area (Å²) in [5.74, 6) is 0.271. The maximum Gasteiger partial charge on any atom is 0.319 e. The van der Waals surface area contributed by atoms with Crippen LogP contribution in [0.2, 0.25) is 0 Å². The van der Waals surface area contributed by atoms with Gasteiger partial charge in [-0.1, -0.05) is 6.92 Å². The van der Waals surface area contributed by atoms with Crippen molar-refractivity contribution in [3.63, 3.8) is 0 Å². The molecule has 5 nitrogen and oxygen atoms in total. The predicted octanol–water partition coefficient (Wildman–Crippen LogP) is -0.158. The van der Waals surface area contributed by atoms with Crippen molar-refractivity contribution in [2.75, 3.05) is 39.9 Å². The Morgan fingerprint density at radius 2 is 2.29 bits per heavy atom. The number of aliphatic hydroxyl groups is 1. The molecule has 1 aliphatic rings. The van der Waals surface area contributed by atoms with Crippen LogP contribution in [0.3, 0.4) is 0 Å². The van der Waals surface area contributed by atoms with E-state index in [0.29, 0.717) is 18.5 Å². The molecule has 0 aromatic heterocycles. The number of nitrogens with one attached hydrogen (secondary N) is 1. The number of piperidine rings is 1. The summed E-state index contributed by atoms with van der Waals surface area (Å²) >= 11 is 0. The summed E-state index contributed by atoms with van der Waals surface area (Å²) in [6.45, 7) is 5.33. The highest BCUT2D eigenvalue weighted by molar-refractivity contribution is 5.71. The van der Waals surface area contributed by atoms with E-state index in [2.05, 4.69) is 17.1 Å². The van der Waals surface area contributed by atoms with Crippen molar-refractivity contribution in [1.82, 2.24) is 10.2 Å². The van der Waals surface area contributed by atoms with Crippen molar-refractivity contribution in [1.29, 1.82) is 0 Å². The average molecular weight is 244 g/mol. The Morgan fingerprint density at radius 1 is 1.53 bits per heavy atom. The number of carbonyl (C=O) groups excluding carboxylic acids is 1. The molecule has 0 bridgehead atoms. The minimum atomic E-state index is -0.190. The predicted molar refractivity (Wildman–Crippen MR) is 65.7 cm³/mol. The highest BCUT2D eigenvalue weighted by Gasteiger charge is 2.27. The molecule has 1 heterocycles. The van der Waals surface area contributed by atoms with Gasteiger partial charge in [0, 0.05) is 25.7 Å². The molecule has 5 heteroatoms. The first kappa shape index (κ1) is 14.4. The topological polar surface area (TPSA) is 61.8 Å². The fraction of sp³-hybridized carbons (Fsp3) is 0.917. The molecule has 0 aliphatic carbocycles. The molecule has 100 valence electrons. The van der Waals surface area contributed by atoms with Gasteiger partial charge in [-0.05, 0) is 25.3 Å². The number of esters is 1. The summed E-state index contributed by atoms with van der Waals surface area (Å²) in [6, 6.07) is 0.412. The van der Waals surface area contributed by atoms with Crippen LogP contribution in [0.15, 0.2) is 0 Å². The molecular weight excluding hydrogens is 220 g/mol. The van der Waals surface area contributed by atoms with E-state index >= 15 is 0 Å². The lowest BCUT2D eigenvalue weighted by atomic mass is 9.91. The number of nitrogens with zero attached hydrogens (tertiary/aromatic N) is 1. The summed E-state index contributed by atoms with van der Waals surface area (Å²) in [5, 5.41) is 12.4. The number of aliphatic hydroxyl groups excluding tert-OH is 1. The van der Waals surface area contributed by atoms with Crippen LogP contribution in [0.5, 0.6) is 0 Å². The van der Waals surface area contributed by atoms with Crippen LogP contribution < -0.4 is 5.32 Å². The minimum absolute atomic E-state index is 0.190. The fourth-order valence-electron chi connectivity index (χ4n) is 2.51. The first-order chi connectivity index (χ1) is 8.19. The van der Waals surface area contributed by atoms with Crippen molar-refractivity contribution >= 4 is 5.97 Å². The Bertz CT molecular complexity index is 222. The molecule has 2 atom stereocenters. The van der Waals surface area contributed by atoms with E-state index in [1.807, 2.05) is 0 Å². The molecule has 0 aromatic rings. The van der Waals surface area contributed by atoms with E-state index in [1.54, 1.807) is 0 Å². The zero-order chi connectivity index (χ0) is 12.7. The van der Waals surface area contributed by atoms with Crippen LogP contribution in [0.4, 0.5) is 0 Å². The van der Waals surface area contributed by atoms with Gasteiger partial charge in [-0.3, -0.25) is 9.69 Å². The molecule has 2 unspecified atom stereocenters. The van der Waals surface area contributed by atoms with Gasteiger partial charge in [-0.25, -0.2) is 0 Å². The van der Waals surface area contributed by atoms with Crippen LogP contribution in [-0.2, 0) is 9.53 Å². The maximum absolute atomic E-state index is 11.3. The van der Waals surface area contributed by atoms with Crippen LogP contribution in [0.25, 0.3) is 0 Å². The van der Waals surface area contributed by atoms with Crippen LogP contribution in [0, 0.1) is 5.92 Å². The Hall–Kier alpha value is -0.650. The minimum Gasteiger partial charge on any atom is -0.468 e. The van der Waals surface area contributed by atoms with Crippen molar-refractivity contribution in [3.8, 4) is 0 Å². The Balaban J connectivity index is 2.48. The summed E-state index contributed by atoms with van der Waals surface area (Å²) in [7, 11) is 1.42. The number of methoxy groups -OCH3 is 1. The first-order valence-electron chi connectivity index (χ1n) is 6.33. The number of rotatable bonds is 6. The summed E-state index contributed by atoms with van der Waals surface area (Å²) in [4.78, 5) is 13.4. The Kier molecular flexibility index (Phi) is 6.47. The third-order valence-electron chi connectivity index (χ3n) is 3.22. The van der Waals surface area contributed by atoms with Crippen LogP contribution in [-0.4, -0.2) is 61.9 Å². The Labute approximate surface area is 103 Å². The van der Waals surface area contributed by atoms with Crippen molar-refractivity contribution in [3.05, 3.63) is 0 Å². The Morgan fingerprint density at radius 3 is 2.88 bits per heavy atom. The van der Waals surface area contributed by atoms with Crippen molar-refractivity contribution in [2.45, 2.75) is 25.8 Å². The lowest BCUT2D eigenvalue weighted by Gasteiger charge is -2.37. The van der Waals surface area contributed by atoms with E-state index in [0.717, 1.165) is 32.5 Å². The molecule has 0 amide bonds. The third-order valence-corrected chi connectivity index (χ3v) is 3.22. The second-order valence-electron chi connectivity index (χ2n) is 4.64. The highest BCUT2D eigenvalue weighted by atomic mass is 16.5. The monoisotopic (exact) mass is 244 g/mol. The van der Waals surface area contributed by atoms with Crippen LogP contribution >= 0.6 is 0 Å². The number of ether oxygens (including phenoxy) is 1. The molecule has 0 spiro atoms. The maximum atomic E-state index is 11.3. The number of likely N-dealkylation sites (N-methyl/N-ethyl adjacent to an activating group) is 1. The average Bonchev–Trinajstić information content (AvgIpc) is 2.29. The van der Waals surface area contributed by atoms with E-state index in [9.17, 15) is 4.79 Å². The molecule has 1 aliphatic heterocycles. The van der Waals surface area contributed by atoms with Gasteiger partial charge in [-0.15, -0.1) is 0 Å². The van der Waals surface area contributed by atoms with Gasteiger partial charge in [0.25, 0.3) is 0 Å². The zero-order valence-electron chi connectivity index (χ0n) is 10.8. The van der Waals surface area contributed by atoms with Gasteiger partial charge in [0.05, 0.1) is 13.7 Å². The van der Waals surface area contributed by atoms with E-state index in [1.165, 1.54) is 7.11 Å². The molecule has 0 aromatic carbocycles. The van der Waals surface area contributed by atoms with Crippen molar-refractivity contribution < 1.29 is 14.6 Å². The largest absolute Gasteiger partial charge is 0.468 e. The second kappa shape index (κ2) is 7.63. The molecular formula is C12H24N2O3. The lowest BCUT2D eigenvalue weighted by Crippen LogP contribution is -2.50. The van der Waals surface area contributed by atoms with Crippen LogP contribution in [0.1, 0.15) is 19.8 Å². The summed E-state index contributed by atoms with van der Waals surface area (Å²) < 4.78 is 4.69. The summed E-state index contributed by atoms with van der Waals surface area (Å²) in [6.07, 6.45) is 1.88. The molecule has 17 heavy (non-hydrogen) atoms. The molecule has 0 radical (unpaired) electrons. The molecule has 1 saturated heterocycles. The summed E-state index contributed by atoms with van der Waals surface area (Å²) in [5.41, 5.74) is 0. The number of likely N-dealkylation sites (tertiary alicyclic amines) is 1. The van der Waals surface area contributed by atoms with E-state index < -0.39 is 0 Å². The zero-order valence-corrected chi connectivity index (χ0v) is 10.8. The third kappa shape index (κ3) is 5.02. The van der Waals surface area contributed by atoms with Gasteiger partial charge in [0.1, 0.15) is 0 Å². The van der Waals surface area contributed by atoms with Crippen molar-refractivity contribution in [2.24, 2.45) is 5.92 Å². The van der Waals surface area contributed by atoms with Gasteiger partial charge < -0.3 is 15.2 Å². The number of hydrogen-bond donors (Lipinski definition) is 2. The molecule has 2 N–H and O–H groups in total. The number of carbonyl (C=O) groups is 1.